The second-order valence-electron chi connectivity index (χ2n) is 6.16. The van der Waals surface area contributed by atoms with Crippen LogP contribution in [0.25, 0.3) is 6.08 Å². The van der Waals surface area contributed by atoms with E-state index in [9.17, 15) is 0 Å². The highest BCUT2D eigenvalue weighted by Gasteiger charge is 2.02. The molecule has 2 aromatic rings. The van der Waals surface area contributed by atoms with Gasteiger partial charge in [0.25, 0.3) is 0 Å². The molecule has 0 aliphatic carbocycles. The van der Waals surface area contributed by atoms with Gasteiger partial charge >= 0.3 is 0 Å². The molecule has 2 nitrogen and oxygen atoms in total. The van der Waals surface area contributed by atoms with Crippen LogP contribution >= 0.6 is 46.4 Å². The molecule has 0 bridgehead atoms. The second kappa shape index (κ2) is 11.6. The van der Waals surface area contributed by atoms with Crippen molar-refractivity contribution in [3.63, 3.8) is 0 Å². The van der Waals surface area contributed by atoms with Gasteiger partial charge in [-0.25, -0.2) is 0 Å². The molecule has 6 heteroatoms. The van der Waals surface area contributed by atoms with Gasteiger partial charge in [-0.15, -0.1) is 0 Å². The molecule has 0 saturated heterocycles. The minimum absolute atomic E-state index is 0.532. The molecule has 0 aliphatic heterocycles. The zero-order chi connectivity index (χ0) is 19.6. The predicted molar refractivity (Wildman–Crippen MR) is 122 cm³/mol. The molecule has 0 radical (unpaired) electrons. The van der Waals surface area contributed by atoms with Crippen molar-refractivity contribution >= 4 is 63.9 Å². The summed E-state index contributed by atoms with van der Waals surface area (Å²) < 4.78 is 0. The molecular weight excluding hydrogens is 422 g/mol. The fraction of sp³-hybridized carbons (Fsp3) is 0.286. The van der Waals surface area contributed by atoms with Crippen LogP contribution < -0.4 is 5.43 Å². The van der Waals surface area contributed by atoms with Gasteiger partial charge in [-0.3, -0.25) is 5.43 Å². The number of nitrogens with zero attached hydrogens (tertiary/aromatic N) is 1. The van der Waals surface area contributed by atoms with Crippen LogP contribution in [0.5, 0.6) is 0 Å². The van der Waals surface area contributed by atoms with Crippen molar-refractivity contribution in [2.75, 3.05) is 5.43 Å². The Morgan fingerprint density at radius 2 is 1.74 bits per heavy atom. The summed E-state index contributed by atoms with van der Waals surface area (Å²) in [6, 6.07) is 10.8. The van der Waals surface area contributed by atoms with Crippen molar-refractivity contribution in [1.82, 2.24) is 0 Å². The maximum Gasteiger partial charge on any atom is 0.0749 e. The van der Waals surface area contributed by atoms with Gasteiger partial charge < -0.3 is 0 Å². The summed E-state index contributed by atoms with van der Waals surface area (Å²) in [4.78, 5) is 0. The summed E-state index contributed by atoms with van der Waals surface area (Å²) in [5.41, 5.74) is 5.66. The van der Waals surface area contributed by atoms with E-state index >= 15 is 0 Å². The largest absolute Gasteiger partial charge is 0.277 e. The number of hydrazone groups is 1. The van der Waals surface area contributed by atoms with Crippen LogP contribution in [0.15, 0.2) is 47.6 Å². The third-order valence-corrected chi connectivity index (χ3v) is 5.24. The first-order valence-corrected chi connectivity index (χ1v) is 10.4. The van der Waals surface area contributed by atoms with E-state index in [1.807, 2.05) is 30.4 Å². The Balaban J connectivity index is 2.13. The van der Waals surface area contributed by atoms with Gasteiger partial charge in [-0.1, -0.05) is 84.7 Å². The Labute approximate surface area is 181 Å². The predicted octanol–water partition coefficient (Wildman–Crippen LogP) is 8.75. The lowest BCUT2D eigenvalue weighted by atomic mass is 10.1. The van der Waals surface area contributed by atoms with Crippen LogP contribution in [0.1, 0.15) is 44.6 Å². The monoisotopic (exact) mass is 442 g/mol. The number of allylic oxidation sites excluding steroid dienone is 1. The van der Waals surface area contributed by atoms with Gasteiger partial charge in [0.15, 0.2) is 0 Å². The van der Waals surface area contributed by atoms with Gasteiger partial charge in [0.05, 0.1) is 26.5 Å². The number of unbranched alkanes of at least 4 members (excludes halogenated alkanes) is 3. The summed E-state index contributed by atoms with van der Waals surface area (Å²) in [5.74, 6) is 0. The topological polar surface area (TPSA) is 24.4 Å². The van der Waals surface area contributed by atoms with Crippen molar-refractivity contribution in [3.05, 3.63) is 68.1 Å². The minimum Gasteiger partial charge on any atom is -0.277 e. The Hall–Kier alpha value is -1.19. The molecule has 0 amide bonds. The number of hydrogen-bond acceptors (Lipinski definition) is 2. The van der Waals surface area contributed by atoms with Gasteiger partial charge in [-0.2, -0.15) is 5.10 Å². The lowest BCUT2D eigenvalue weighted by Gasteiger charge is -2.07. The summed E-state index contributed by atoms with van der Waals surface area (Å²) in [6.45, 7) is 2.20. The van der Waals surface area contributed by atoms with Crippen LogP contribution in [0.4, 0.5) is 5.69 Å². The Bertz CT molecular complexity index is 816. The maximum atomic E-state index is 6.20. The first kappa shape index (κ1) is 22.1. The molecule has 0 saturated carbocycles. The van der Waals surface area contributed by atoms with E-state index < -0.39 is 0 Å². The quantitative estimate of drug-likeness (QED) is 0.233. The smallest absolute Gasteiger partial charge is 0.0749 e. The summed E-state index contributed by atoms with van der Waals surface area (Å²) in [5, 5.41) is 6.73. The number of hydrogen-bond donors (Lipinski definition) is 1. The molecule has 1 N–H and O–H groups in total. The third kappa shape index (κ3) is 7.75. The van der Waals surface area contributed by atoms with E-state index in [1.165, 1.54) is 19.3 Å². The summed E-state index contributed by atoms with van der Waals surface area (Å²) in [7, 11) is 0. The Morgan fingerprint density at radius 1 is 0.926 bits per heavy atom. The van der Waals surface area contributed by atoms with E-state index in [1.54, 1.807) is 18.2 Å². The van der Waals surface area contributed by atoms with Crippen LogP contribution in [0, 0.1) is 0 Å². The number of benzene rings is 2. The zero-order valence-corrected chi connectivity index (χ0v) is 18.1. The van der Waals surface area contributed by atoms with Crippen LogP contribution in [0.3, 0.4) is 0 Å². The van der Waals surface area contributed by atoms with Gasteiger partial charge in [0, 0.05) is 5.02 Å². The second-order valence-corrected chi connectivity index (χ2v) is 7.81. The maximum absolute atomic E-state index is 6.20. The Kier molecular flexibility index (Phi) is 9.50. The fourth-order valence-electron chi connectivity index (χ4n) is 2.43. The van der Waals surface area contributed by atoms with Crippen LogP contribution in [-0.4, -0.2) is 5.71 Å². The lowest BCUT2D eigenvalue weighted by molar-refractivity contribution is 0.683. The Morgan fingerprint density at radius 3 is 2.44 bits per heavy atom. The number of nitrogens with one attached hydrogen (secondary N) is 1. The van der Waals surface area contributed by atoms with Crippen molar-refractivity contribution in [3.8, 4) is 0 Å². The SMILES string of the molecule is CCCCCCC(/C=C\c1ccc(Cl)c(Cl)c1)=N/Nc1ccc(Cl)cc1Cl. The molecule has 0 atom stereocenters. The number of halogens is 4. The molecule has 0 aliphatic rings. The molecule has 2 aromatic carbocycles. The van der Waals surface area contributed by atoms with Crippen molar-refractivity contribution in [2.45, 2.75) is 39.0 Å². The molecular formula is C21H22Cl4N2. The lowest BCUT2D eigenvalue weighted by Crippen LogP contribution is -2.00. The minimum atomic E-state index is 0.532. The molecule has 2 rings (SSSR count). The average Bonchev–Trinajstić information content (AvgIpc) is 2.64. The van der Waals surface area contributed by atoms with E-state index in [2.05, 4.69) is 17.5 Å². The summed E-state index contributed by atoms with van der Waals surface area (Å²) in [6.07, 6.45) is 9.51. The molecule has 144 valence electrons. The van der Waals surface area contributed by atoms with E-state index in [4.69, 9.17) is 46.4 Å². The molecule has 0 unspecified atom stereocenters. The van der Waals surface area contributed by atoms with Crippen molar-refractivity contribution in [1.29, 1.82) is 0 Å². The highest BCUT2D eigenvalue weighted by Crippen LogP contribution is 2.26. The van der Waals surface area contributed by atoms with Crippen LogP contribution in [-0.2, 0) is 0 Å². The first-order chi connectivity index (χ1) is 13.0. The van der Waals surface area contributed by atoms with E-state index in [0.29, 0.717) is 20.1 Å². The van der Waals surface area contributed by atoms with Gasteiger partial charge in [0.1, 0.15) is 0 Å². The molecule has 0 heterocycles. The number of rotatable bonds is 9. The van der Waals surface area contributed by atoms with E-state index in [-0.39, 0.29) is 0 Å². The van der Waals surface area contributed by atoms with Crippen LogP contribution in [0.2, 0.25) is 20.1 Å². The molecule has 0 fully saturated rings. The van der Waals surface area contributed by atoms with Gasteiger partial charge in [0.2, 0.25) is 0 Å². The molecule has 27 heavy (non-hydrogen) atoms. The first-order valence-electron chi connectivity index (χ1n) is 8.90. The standard InChI is InChI=1S/C21H22Cl4N2/c1-2-3-4-5-6-17(10-7-15-8-11-18(23)19(24)13-15)26-27-21-12-9-16(22)14-20(21)25/h7-14,27H,2-6H2,1H3/b10-7-,26-17-. The normalized spacial score (nSPS) is 12.0. The van der Waals surface area contributed by atoms with Crippen molar-refractivity contribution < 1.29 is 0 Å². The van der Waals surface area contributed by atoms with Crippen molar-refractivity contribution in [2.24, 2.45) is 5.10 Å². The molecule has 0 spiro atoms. The highest BCUT2D eigenvalue weighted by molar-refractivity contribution is 6.42. The van der Waals surface area contributed by atoms with E-state index in [0.717, 1.165) is 29.8 Å². The third-order valence-electron chi connectivity index (χ3n) is 3.95. The van der Waals surface area contributed by atoms with Gasteiger partial charge in [-0.05, 0) is 54.8 Å². The fourth-order valence-corrected chi connectivity index (χ4v) is 3.19. The zero-order valence-electron chi connectivity index (χ0n) is 15.1. The summed E-state index contributed by atoms with van der Waals surface area (Å²) >= 11 is 24.2. The molecule has 0 aromatic heterocycles. The average molecular weight is 444 g/mol. The highest BCUT2D eigenvalue weighted by atomic mass is 35.5. The number of anilines is 1.